The maximum absolute atomic E-state index is 12.5. The molecule has 1 atom stereocenters. The number of hydrogen-bond donors (Lipinski definition) is 2. The highest BCUT2D eigenvalue weighted by molar-refractivity contribution is 5.81. The second-order valence-corrected chi connectivity index (χ2v) is 6.31. The van der Waals surface area contributed by atoms with Crippen molar-refractivity contribution in [1.29, 1.82) is 0 Å². The Kier molecular flexibility index (Phi) is 4.64. The van der Waals surface area contributed by atoms with E-state index in [-0.39, 0.29) is 24.6 Å². The van der Waals surface area contributed by atoms with E-state index in [4.69, 9.17) is 0 Å². The van der Waals surface area contributed by atoms with Gasteiger partial charge in [-0.1, -0.05) is 18.2 Å². The van der Waals surface area contributed by atoms with Crippen molar-refractivity contribution in [3.63, 3.8) is 0 Å². The van der Waals surface area contributed by atoms with Gasteiger partial charge in [0.1, 0.15) is 6.54 Å². The van der Waals surface area contributed by atoms with Gasteiger partial charge in [-0.25, -0.2) is 4.68 Å². The fourth-order valence-corrected chi connectivity index (χ4v) is 3.05. The number of carbonyl (C=O) groups is 1. The summed E-state index contributed by atoms with van der Waals surface area (Å²) >= 11 is 0. The van der Waals surface area contributed by atoms with Crippen molar-refractivity contribution in [2.75, 3.05) is 19.7 Å². The van der Waals surface area contributed by atoms with Crippen LogP contribution in [-0.4, -0.2) is 56.1 Å². The lowest BCUT2D eigenvalue weighted by atomic mass is 9.96. The Bertz CT molecular complexity index is 804. The molecule has 0 aliphatic carbocycles. The van der Waals surface area contributed by atoms with Crippen LogP contribution in [0.3, 0.4) is 0 Å². The molecular formula is C17H21N3O4. The number of aliphatic hydroxyl groups is 2. The Morgan fingerprint density at radius 3 is 2.83 bits per heavy atom. The normalized spacial score (nSPS) is 21.7. The number of amides is 1. The predicted molar refractivity (Wildman–Crippen MR) is 88.5 cm³/mol. The molecule has 7 heteroatoms. The zero-order chi connectivity index (χ0) is 17.2. The molecule has 2 aromatic rings. The number of hydrogen-bond acceptors (Lipinski definition) is 5. The molecule has 0 spiro atoms. The lowest BCUT2D eigenvalue weighted by molar-refractivity contribution is -0.132. The topological polar surface area (TPSA) is 95.7 Å². The Hall–Kier alpha value is -2.25. The highest BCUT2D eigenvalue weighted by Crippen LogP contribution is 2.21. The third kappa shape index (κ3) is 3.32. The molecule has 2 heterocycles. The zero-order valence-electron chi connectivity index (χ0n) is 13.4. The van der Waals surface area contributed by atoms with Crippen LogP contribution in [0.25, 0.3) is 10.8 Å². The first-order valence-electron chi connectivity index (χ1n) is 8.08. The number of aromatic nitrogens is 2. The summed E-state index contributed by atoms with van der Waals surface area (Å²) in [6.07, 6.45) is 2.98. The SMILES string of the molecule is O=C(Cn1ncc2ccccc2c1=O)N1CCCC(O)(CO)CC1. The molecule has 1 aromatic carbocycles. The Balaban J connectivity index is 1.75. The standard InChI is InChI=1S/C17H21N3O4/c21-12-17(24)6-3-8-19(9-7-17)15(22)11-20-16(23)14-5-2-1-4-13(14)10-18-20/h1-2,4-5,10,21,24H,3,6-9,11-12H2. The van der Waals surface area contributed by atoms with Gasteiger partial charge in [0.15, 0.2) is 0 Å². The van der Waals surface area contributed by atoms with Gasteiger partial charge in [0.25, 0.3) is 5.56 Å². The number of carbonyl (C=O) groups excluding carboxylic acids is 1. The second kappa shape index (κ2) is 6.70. The van der Waals surface area contributed by atoms with E-state index in [2.05, 4.69) is 5.10 Å². The molecule has 2 N–H and O–H groups in total. The number of nitrogens with zero attached hydrogens (tertiary/aromatic N) is 3. The number of fused-ring (bicyclic) bond motifs is 1. The van der Waals surface area contributed by atoms with Crippen molar-refractivity contribution < 1.29 is 15.0 Å². The first-order chi connectivity index (χ1) is 11.5. The molecular weight excluding hydrogens is 310 g/mol. The van der Waals surface area contributed by atoms with Crippen molar-refractivity contribution in [2.45, 2.75) is 31.4 Å². The molecule has 1 aliphatic heterocycles. The summed E-state index contributed by atoms with van der Waals surface area (Å²) in [5.74, 6) is -0.206. The summed E-state index contributed by atoms with van der Waals surface area (Å²) in [6, 6.07) is 7.13. The molecule has 0 radical (unpaired) electrons. The smallest absolute Gasteiger partial charge is 0.275 e. The maximum atomic E-state index is 12.5. The summed E-state index contributed by atoms with van der Waals surface area (Å²) in [4.78, 5) is 26.5. The van der Waals surface area contributed by atoms with E-state index in [1.54, 1.807) is 29.3 Å². The molecule has 0 bridgehead atoms. The van der Waals surface area contributed by atoms with E-state index in [0.717, 1.165) is 5.39 Å². The van der Waals surface area contributed by atoms with Gasteiger partial charge in [-0.2, -0.15) is 5.10 Å². The lowest BCUT2D eigenvalue weighted by Gasteiger charge is -2.24. The summed E-state index contributed by atoms with van der Waals surface area (Å²) in [6.45, 7) is 0.434. The quantitative estimate of drug-likeness (QED) is 0.834. The summed E-state index contributed by atoms with van der Waals surface area (Å²) in [5, 5.41) is 24.8. The Labute approximate surface area is 139 Å². The van der Waals surface area contributed by atoms with Crippen LogP contribution in [0, 0.1) is 0 Å². The first-order valence-corrected chi connectivity index (χ1v) is 8.08. The van der Waals surface area contributed by atoms with Crippen molar-refractivity contribution in [1.82, 2.24) is 14.7 Å². The molecule has 1 fully saturated rings. The van der Waals surface area contributed by atoms with E-state index >= 15 is 0 Å². The van der Waals surface area contributed by atoms with Gasteiger partial charge in [0.2, 0.25) is 5.91 Å². The average molecular weight is 331 g/mol. The minimum atomic E-state index is -1.12. The van der Waals surface area contributed by atoms with Crippen molar-refractivity contribution in [3.05, 3.63) is 40.8 Å². The summed E-state index contributed by atoms with van der Waals surface area (Å²) in [5.41, 5.74) is -1.41. The van der Waals surface area contributed by atoms with Gasteiger partial charge in [0.05, 0.1) is 23.8 Å². The maximum Gasteiger partial charge on any atom is 0.275 e. The highest BCUT2D eigenvalue weighted by atomic mass is 16.3. The molecule has 7 nitrogen and oxygen atoms in total. The van der Waals surface area contributed by atoms with E-state index < -0.39 is 5.60 Å². The van der Waals surface area contributed by atoms with Crippen molar-refractivity contribution in [3.8, 4) is 0 Å². The average Bonchev–Trinajstić information content (AvgIpc) is 2.80. The van der Waals surface area contributed by atoms with E-state index in [1.165, 1.54) is 4.68 Å². The largest absolute Gasteiger partial charge is 0.393 e. The fraction of sp³-hybridized carbons (Fsp3) is 0.471. The van der Waals surface area contributed by atoms with Crippen LogP contribution in [0.15, 0.2) is 35.3 Å². The molecule has 1 aliphatic rings. The number of rotatable bonds is 3. The van der Waals surface area contributed by atoms with Crippen LogP contribution >= 0.6 is 0 Å². The summed E-state index contributed by atoms with van der Waals surface area (Å²) < 4.78 is 1.17. The van der Waals surface area contributed by atoms with Gasteiger partial charge in [0, 0.05) is 18.5 Å². The number of likely N-dealkylation sites (tertiary alicyclic amines) is 1. The first kappa shape index (κ1) is 16.6. The van der Waals surface area contributed by atoms with Crippen LogP contribution in [0.2, 0.25) is 0 Å². The Morgan fingerprint density at radius 2 is 2.04 bits per heavy atom. The van der Waals surface area contributed by atoms with Gasteiger partial charge >= 0.3 is 0 Å². The third-order valence-corrected chi connectivity index (χ3v) is 4.61. The van der Waals surface area contributed by atoms with Crippen LogP contribution in [0.5, 0.6) is 0 Å². The molecule has 0 saturated carbocycles. The molecule has 128 valence electrons. The minimum Gasteiger partial charge on any atom is -0.393 e. The van der Waals surface area contributed by atoms with Crippen molar-refractivity contribution in [2.24, 2.45) is 0 Å². The van der Waals surface area contributed by atoms with Crippen molar-refractivity contribution >= 4 is 16.7 Å². The van der Waals surface area contributed by atoms with E-state index in [9.17, 15) is 19.8 Å². The monoisotopic (exact) mass is 331 g/mol. The predicted octanol–water partition coefficient (Wildman–Crippen LogP) is 0.132. The van der Waals surface area contributed by atoms with Crippen LogP contribution in [0.4, 0.5) is 0 Å². The van der Waals surface area contributed by atoms with Gasteiger partial charge in [-0.3, -0.25) is 9.59 Å². The molecule has 24 heavy (non-hydrogen) atoms. The summed E-state index contributed by atoms with van der Waals surface area (Å²) in [7, 11) is 0. The van der Waals surface area contributed by atoms with Crippen LogP contribution in [-0.2, 0) is 11.3 Å². The number of aliphatic hydroxyl groups excluding tert-OH is 1. The van der Waals surface area contributed by atoms with Gasteiger partial charge in [-0.05, 0) is 25.3 Å². The van der Waals surface area contributed by atoms with Gasteiger partial charge < -0.3 is 15.1 Å². The molecule has 3 rings (SSSR count). The molecule has 1 amide bonds. The zero-order valence-corrected chi connectivity index (χ0v) is 13.4. The lowest BCUT2D eigenvalue weighted by Crippen LogP contribution is -2.39. The van der Waals surface area contributed by atoms with Gasteiger partial charge in [-0.15, -0.1) is 0 Å². The molecule has 1 unspecified atom stereocenters. The second-order valence-electron chi connectivity index (χ2n) is 6.31. The van der Waals surface area contributed by atoms with E-state index in [1.807, 2.05) is 6.07 Å². The molecule has 1 aromatic heterocycles. The highest BCUT2D eigenvalue weighted by Gasteiger charge is 2.30. The number of benzene rings is 1. The molecule has 1 saturated heterocycles. The Morgan fingerprint density at radius 1 is 1.25 bits per heavy atom. The third-order valence-electron chi connectivity index (χ3n) is 4.61. The minimum absolute atomic E-state index is 0.124. The van der Waals surface area contributed by atoms with Crippen LogP contribution < -0.4 is 5.56 Å². The van der Waals surface area contributed by atoms with Crippen LogP contribution in [0.1, 0.15) is 19.3 Å². The fourth-order valence-electron chi connectivity index (χ4n) is 3.05. The van der Waals surface area contributed by atoms with E-state index in [0.29, 0.717) is 37.7 Å².